The van der Waals surface area contributed by atoms with Gasteiger partial charge in [-0.3, -0.25) is 4.79 Å². The van der Waals surface area contributed by atoms with E-state index in [0.717, 1.165) is 10.9 Å². The Balaban J connectivity index is 1.86. The summed E-state index contributed by atoms with van der Waals surface area (Å²) in [5, 5.41) is 13.5. The summed E-state index contributed by atoms with van der Waals surface area (Å²) in [5.41, 5.74) is 1.38. The highest BCUT2D eigenvalue weighted by Gasteiger charge is 2.12. The zero-order valence-corrected chi connectivity index (χ0v) is 12.4. The summed E-state index contributed by atoms with van der Waals surface area (Å²) in [7, 11) is 0. The number of rotatable bonds is 7. The molecule has 5 nitrogen and oxygen atoms in total. The molecule has 114 valence electrons. The normalized spacial score (nSPS) is 12.8. The van der Waals surface area contributed by atoms with Gasteiger partial charge in [0, 0.05) is 24.7 Å². The SMILES string of the molecule is CC(C)COCC(O)CNC(=O)c1cccc2cc[nH]c12. The second-order valence-electron chi connectivity index (χ2n) is 5.54. The summed E-state index contributed by atoms with van der Waals surface area (Å²) in [6, 6.07) is 7.46. The highest BCUT2D eigenvalue weighted by Crippen LogP contribution is 2.16. The van der Waals surface area contributed by atoms with E-state index in [-0.39, 0.29) is 19.1 Å². The minimum atomic E-state index is -0.699. The number of aromatic amines is 1. The van der Waals surface area contributed by atoms with Gasteiger partial charge in [0.15, 0.2) is 0 Å². The zero-order valence-electron chi connectivity index (χ0n) is 12.4. The number of benzene rings is 1. The summed E-state index contributed by atoms with van der Waals surface area (Å²) in [6.07, 6.45) is 1.10. The lowest BCUT2D eigenvalue weighted by molar-refractivity contribution is 0.0259. The van der Waals surface area contributed by atoms with Gasteiger partial charge in [0.2, 0.25) is 0 Å². The predicted octanol–water partition coefficient (Wildman–Crippen LogP) is 1.93. The number of aliphatic hydroxyl groups excluding tert-OH is 1. The van der Waals surface area contributed by atoms with E-state index in [0.29, 0.717) is 18.1 Å². The lowest BCUT2D eigenvalue weighted by atomic mass is 10.1. The van der Waals surface area contributed by atoms with E-state index in [1.54, 1.807) is 12.3 Å². The molecule has 2 rings (SSSR count). The molecule has 0 bridgehead atoms. The molecule has 0 saturated carbocycles. The molecule has 0 aliphatic rings. The van der Waals surface area contributed by atoms with Crippen LogP contribution in [0.5, 0.6) is 0 Å². The maximum Gasteiger partial charge on any atom is 0.253 e. The van der Waals surface area contributed by atoms with Crippen molar-refractivity contribution in [2.24, 2.45) is 5.92 Å². The third-order valence-corrected chi connectivity index (χ3v) is 3.09. The first-order chi connectivity index (χ1) is 10.1. The number of para-hydroxylation sites is 1. The lowest BCUT2D eigenvalue weighted by Crippen LogP contribution is -2.34. The number of amides is 1. The standard InChI is InChI=1S/C16H22N2O3/c1-11(2)9-21-10-13(19)8-18-16(20)14-5-3-4-12-6-7-17-15(12)14/h3-7,11,13,17,19H,8-10H2,1-2H3,(H,18,20). The summed E-state index contributed by atoms with van der Waals surface area (Å²) in [6.45, 7) is 5.10. The Morgan fingerprint density at radius 1 is 1.33 bits per heavy atom. The third-order valence-electron chi connectivity index (χ3n) is 3.09. The maximum atomic E-state index is 12.2. The van der Waals surface area contributed by atoms with E-state index in [4.69, 9.17) is 4.74 Å². The van der Waals surface area contributed by atoms with E-state index >= 15 is 0 Å². The zero-order chi connectivity index (χ0) is 15.2. The Morgan fingerprint density at radius 3 is 2.90 bits per heavy atom. The van der Waals surface area contributed by atoms with Gasteiger partial charge in [-0.15, -0.1) is 0 Å². The fraction of sp³-hybridized carbons (Fsp3) is 0.438. The molecule has 2 aromatic rings. The van der Waals surface area contributed by atoms with Gasteiger partial charge in [-0.05, 0) is 18.1 Å². The van der Waals surface area contributed by atoms with Crippen LogP contribution in [0.25, 0.3) is 10.9 Å². The highest BCUT2D eigenvalue weighted by molar-refractivity contribution is 6.05. The molecule has 0 aliphatic heterocycles. The van der Waals surface area contributed by atoms with Gasteiger partial charge in [0.05, 0.1) is 23.8 Å². The van der Waals surface area contributed by atoms with Crippen LogP contribution in [0.15, 0.2) is 30.5 Å². The summed E-state index contributed by atoms with van der Waals surface area (Å²) < 4.78 is 5.35. The van der Waals surface area contributed by atoms with Crippen molar-refractivity contribution in [2.75, 3.05) is 19.8 Å². The lowest BCUT2D eigenvalue weighted by Gasteiger charge is -2.13. The summed E-state index contributed by atoms with van der Waals surface area (Å²) >= 11 is 0. The fourth-order valence-corrected chi connectivity index (χ4v) is 2.08. The number of hydrogen-bond donors (Lipinski definition) is 3. The Hall–Kier alpha value is -1.85. The molecular weight excluding hydrogens is 268 g/mol. The molecule has 0 fully saturated rings. The van der Waals surface area contributed by atoms with E-state index in [1.807, 2.05) is 32.0 Å². The topological polar surface area (TPSA) is 74.3 Å². The molecule has 3 N–H and O–H groups in total. The first kappa shape index (κ1) is 15.5. The number of aromatic nitrogens is 1. The van der Waals surface area contributed by atoms with Crippen LogP contribution in [0, 0.1) is 5.92 Å². The van der Waals surface area contributed by atoms with E-state index in [9.17, 15) is 9.90 Å². The molecule has 0 radical (unpaired) electrons. The number of hydrogen-bond acceptors (Lipinski definition) is 3. The van der Waals surface area contributed by atoms with Gasteiger partial charge in [-0.1, -0.05) is 26.0 Å². The fourth-order valence-electron chi connectivity index (χ4n) is 2.08. The Kier molecular flexibility index (Phi) is 5.36. The molecule has 21 heavy (non-hydrogen) atoms. The monoisotopic (exact) mass is 290 g/mol. The smallest absolute Gasteiger partial charge is 0.253 e. The number of aliphatic hydroxyl groups is 1. The number of nitrogens with one attached hydrogen (secondary N) is 2. The van der Waals surface area contributed by atoms with E-state index in [2.05, 4.69) is 10.3 Å². The van der Waals surface area contributed by atoms with E-state index < -0.39 is 6.10 Å². The quantitative estimate of drug-likeness (QED) is 0.729. The van der Waals surface area contributed by atoms with Crippen LogP contribution in [-0.4, -0.2) is 41.9 Å². The van der Waals surface area contributed by atoms with Gasteiger partial charge in [-0.2, -0.15) is 0 Å². The predicted molar refractivity (Wildman–Crippen MR) is 82.3 cm³/mol. The molecular formula is C16H22N2O3. The van der Waals surface area contributed by atoms with Crippen LogP contribution in [0.2, 0.25) is 0 Å². The van der Waals surface area contributed by atoms with Gasteiger partial charge in [0.25, 0.3) is 5.91 Å². The van der Waals surface area contributed by atoms with Crippen molar-refractivity contribution in [1.29, 1.82) is 0 Å². The number of carbonyl (C=O) groups excluding carboxylic acids is 1. The van der Waals surface area contributed by atoms with Crippen molar-refractivity contribution < 1.29 is 14.6 Å². The van der Waals surface area contributed by atoms with Crippen molar-refractivity contribution >= 4 is 16.8 Å². The molecule has 1 atom stereocenters. The highest BCUT2D eigenvalue weighted by atomic mass is 16.5. The maximum absolute atomic E-state index is 12.2. The summed E-state index contributed by atoms with van der Waals surface area (Å²) in [5.74, 6) is 0.225. The molecule has 0 spiro atoms. The van der Waals surface area contributed by atoms with Crippen molar-refractivity contribution in [3.05, 3.63) is 36.0 Å². The number of H-pyrrole nitrogens is 1. The van der Waals surface area contributed by atoms with Crippen LogP contribution < -0.4 is 5.32 Å². The molecule has 0 saturated heterocycles. The van der Waals surface area contributed by atoms with Crippen molar-refractivity contribution in [2.45, 2.75) is 20.0 Å². The number of carbonyl (C=O) groups is 1. The van der Waals surface area contributed by atoms with Crippen molar-refractivity contribution in [3.8, 4) is 0 Å². The number of ether oxygens (including phenoxy) is 1. The van der Waals surface area contributed by atoms with Gasteiger partial charge < -0.3 is 20.1 Å². The first-order valence-corrected chi connectivity index (χ1v) is 7.18. The second kappa shape index (κ2) is 7.24. The minimum Gasteiger partial charge on any atom is -0.389 e. The molecule has 5 heteroatoms. The van der Waals surface area contributed by atoms with E-state index in [1.165, 1.54) is 0 Å². The van der Waals surface area contributed by atoms with Crippen LogP contribution in [-0.2, 0) is 4.74 Å². The minimum absolute atomic E-state index is 0.175. The number of fused-ring (bicyclic) bond motifs is 1. The Labute approximate surface area is 124 Å². The molecule has 1 heterocycles. The van der Waals surface area contributed by atoms with Crippen LogP contribution in [0.3, 0.4) is 0 Å². The Morgan fingerprint density at radius 2 is 2.14 bits per heavy atom. The van der Waals surface area contributed by atoms with Crippen LogP contribution in [0.4, 0.5) is 0 Å². The largest absolute Gasteiger partial charge is 0.389 e. The second-order valence-corrected chi connectivity index (χ2v) is 5.54. The van der Waals surface area contributed by atoms with Crippen LogP contribution in [0.1, 0.15) is 24.2 Å². The van der Waals surface area contributed by atoms with Gasteiger partial charge >= 0.3 is 0 Å². The third kappa shape index (κ3) is 4.31. The molecule has 1 aromatic carbocycles. The van der Waals surface area contributed by atoms with Gasteiger partial charge in [0.1, 0.15) is 0 Å². The first-order valence-electron chi connectivity index (χ1n) is 7.18. The van der Waals surface area contributed by atoms with Crippen LogP contribution >= 0.6 is 0 Å². The van der Waals surface area contributed by atoms with Gasteiger partial charge in [-0.25, -0.2) is 0 Å². The van der Waals surface area contributed by atoms with Crippen molar-refractivity contribution in [1.82, 2.24) is 10.3 Å². The molecule has 1 aromatic heterocycles. The summed E-state index contributed by atoms with van der Waals surface area (Å²) in [4.78, 5) is 15.2. The molecule has 1 unspecified atom stereocenters. The Bertz CT molecular complexity index is 592. The molecule has 1 amide bonds. The van der Waals surface area contributed by atoms with Crippen molar-refractivity contribution in [3.63, 3.8) is 0 Å². The average Bonchev–Trinajstić information content (AvgIpc) is 2.92. The average molecular weight is 290 g/mol. The molecule has 0 aliphatic carbocycles.